The molecule has 3 heteroatoms. The average molecular weight is 251 g/mol. The van der Waals surface area contributed by atoms with E-state index in [9.17, 15) is 0 Å². The lowest BCUT2D eigenvalue weighted by atomic mass is 10.1. The van der Waals surface area contributed by atoms with Crippen molar-refractivity contribution < 1.29 is 9.84 Å². The number of ether oxygens (including phenoxy) is 1. The maximum atomic E-state index is 8.71. The zero-order valence-electron chi connectivity index (χ0n) is 11.5. The largest absolute Gasteiger partial charge is 0.494 e. The highest BCUT2D eigenvalue weighted by Crippen LogP contribution is 2.17. The standard InChI is InChI=1S/C15H25NO2/c1-3-12-18-15-8-6-14(7-9-15)13(2)16-10-4-5-11-17/h6-9,13,16-17H,3-5,10-12H2,1-2H3. The van der Waals surface area contributed by atoms with Gasteiger partial charge in [0.2, 0.25) is 0 Å². The molecule has 0 fully saturated rings. The SMILES string of the molecule is CCCOc1ccc(C(C)NCCCCO)cc1. The zero-order valence-corrected chi connectivity index (χ0v) is 11.5. The van der Waals surface area contributed by atoms with Gasteiger partial charge in [0.05, 0.1) is 6.61 Å². The Morgan fingerprint density at radius 2 is 1.94 bits per heavy atom. The van der Waals surface area contributed by atoms with E-state index >= 15 is 0 Å². The van der Waals surface area contributed by atoms with E-state index in [-0.39, 0.29) is 6.61 Å². The van der Waals surface area contributed by atoms with Crippen molar-refractivity contribution in [3.05, 3.63) is 29.8 Å². The molecule has 1 unspecified atom stereocenters. The van der Waals surface area contributed by atoms with Crippen LogP contribution in [0.25, 0.3) is 0 Å². The summed E-state index contributed by atoms with van der Waals surface area (Å²) in [5.74, 6) is 0.938. The molecule has 0 saturated carbocycles. The summed E-state index contributed by atoms with van der Waals surface area (Å²) < 4.78 is 5.55. The van der Waals surface area contributed by atoms with Crippen molar-refractivity contribution in [3.8, 4) is 5.75 Å². The molecule has 0 amide bonds. The lowest BCUT2D eigenvalue weighted by Crippen LogP contribution is -2.20. The minimum Gasteiger partial charge on any atom is -0.494 e. The second kappa shape index (κ2) is 8.95. The molecule has 3 nitrogen and oxygen atoms in total. The van der Waals surface area contributed by atoms with Crippen LogP contribution < -0.4 is 10.1 Å². The van der Waals surface area contributed by atoms with Gasteiger partial charge in [-0.05, 0) is 50.4 Å². The Labute approximate surface area is 110 Å². The third kappa shape index (κ3) is 5.52. The smallest absolute Gasteiger partial charge is 0.119 e. The first kappa shape index (κ1) is 15.0. The van der Waals surface area contributed by atoms with Gasteiger partial charge in [-0.3, -0.25) is 0 Å². The van der Waals surface area contributed by atoms with Gasteiger partial charge >= 0.3 is 0 Å². The van der Waals surface area contributed by atoms with Crippen LogP contribution >= 0.6 is 0 Å². The number of aliphatic hydroxyl groups is 1. The fraction of sp³-hybridized carbons (Fsp3) is 0.600. The highest BCUT2D eigenvalue weighted by atomic mass is 16.5. The highest BCUT2D eigenvalue weighted by Gasteiger charge is 2.04. The molecule has 0 saturated heterocycles. The number of hydrogen-bond acceptors (Lipinski definition) is 3. The van der Waals surface area contributed by atoms with Gasteiger partial charge in [-0.1, -0.05) is 19.1 Å². The maximum absolute atomic E-state index is 8.71. The molecule has 0 aromatic heterocycles. The summed E-state index contributed by atoms with van der Waals surface area (Å²) in [4.78, 5) is 0. The van der Waals surface area contributed by atoms with Gasteiger partial charge in [-0.2, -0.15) is 0 Å². The van der Waals surface area contributed by atoms with Crippen LogP contribution in [0, 0.1) is 0 Å². The Hall–Kier alpha value is -1.06. The van der Waals surface area contributed by atoms with Crippen LogP contribution in [0.5, 0.6) is 5.75 Å². The Morgan fingerprint density at radius 3 is 2.56 bits per heavy atom. The molecule has 0 aliphatic carbocycles. The zero-order chi connectivity index (χ0) is 13.2. The Bertz CT molecular complexity index is 311. The molecular formula is C15H25NO2. The molecule has 18 heavy (non-hydrogen) atoms. The molecule has 0 aliphatic rings. The summed E-state index contributed by atoms with van der Waals surface area (Å²) in [5.41, 5.74) is 1.27. The van der Waals surface area contributed by atoms with Crippen LogP contribution in [0.1, 0.15) is 44.7 Å². The molecular weight excluding hydrogens is 226 g/mol. The van der Waals surface area contributed by atoms with Gasteiger partial charge in [-0.25, -0.2) is 0 Å². The predicted octanol–water partition coefficient (Wildman–Crippen LogP) is 2.90. The van der Waals surface area contributed by atoms with Crippen molar-refractivity contribution >= 4 is 0 Å². The van der Waals surface area contributed by atoms with Gasteiger partial charge in [0.1, 0.15) is 5.75 Å². The Kier molecular flexibility index (Phi) is 7.46. The molecule has 0 spiro atoms. The fourth-order valence-electron chi connectivity index (χ4n) is 1.75. The summed E-state index contributed by atoms with van der Waals surface area (Å²) in [7, 11) is 0. The molecule has 0 aliphatic heterocycles. The second-order valence-electron chi connectivity index (χ2n) is 4.52. The first-order valence-electron chi connectivity index (χ1n) is 6.85. The van der Waals surface area contributed by atoms with Crippen LogP contribution in [-0.2, 0) is 0 Å². The molecule has 102 valence electrons. The first-order valence-corrected chi connectivity index (χ1v) is 6.85. The van der Waals surface area contributed by atoms with Crippen molar-refractivity contribution in [2.24, 2.45) is 0 Å². The fourth-order valence-corrected chi connectivity index (χ4v) is 1.75. The van der Waals surface area contributed by atoms with Crippen molar-refractivity contribution in [1.82, 2.24) is 5.32 Å². The number of rotatable bonds is 9. The lowest BCUT2D eigenvalue weighted by molar-refractivity contribution is 0.283. The molecule has 1 aromatic carbocycles. The van der Waals surface area contributed by atoms with Crippen molar-refractivity contribution in [2.45, 2.75) is 39.2 Å². The molecule has 0 heterocycles. The second-order valence-corrected chi connectivity index (χ2v) is 4.52. The molecule has 2 N–H and O–H groups in total. The van der Waals surface area contributed by atoms with Crippen LogP contribution in [0.4, 0.5) is 0 Å². The Morgan fingerprint density at radius 1 is 1.22 bits per heavy atom. The lowest BCUT2D eigenvalue weighted by Gasteiger charge is -2.14. The molecule has 1 atom stereocenters. The third-order valence-corrected chi connectivity index (χ3v) is 2.89. The number of nitrogens with one attached hydrogen (secondary N) is 1. The van der Waals surface area contributed by atoms with Gasteiger partial charge < -0.3 is 15.2 Å². The quantitative estimate of drug-likeness (QED) is 0.663. The highest BCUT2D eigenvalue weighted by molar-refractivity contribution is 5.28. The van der Waals surface area contributed by atoms with E-state index in [2.05, 4.69) is 31.3 Å². The number of aliphatic hydroxyl groups excluding tert-OH is 1. The molecule has 1 rings (SSSR count). The predicted molar refractivity (Wildman–Crippen MR) is 75.0 cm³/mol. The van der Waals surface area contributed by atoms with Gasteiger partial charge in [0.15, 0.2) is 0 Å². The summed E-state index contributed by atoms with van der Waals surface area (Å²) >= 11 is 0. The minimum atomic E-state index is 0.277. The summed E-state index contributed by atoms with van der Waals surface area (Å²) in [6.45, 7) is 6.25. The monoisotopic (exact) mass is 251 g/mol. The van der Waals surface area contributed by atoms with Crippen molar-refractivity contribution in [3.63, 3.8) is 0 Å². The normalized spacial score (nSPS) is 12.4. The topological polar surface area (TPSA) is 41.5 Å². The van der Waals surface area contributed by atoms with Crippen molar-refractivity contribution in [1.29, 1.82) is 0 Å². The summed E-state index contributed by atoms with van der Waals surface area (Å²) in [6.07, 6.45) is 2.91. The average Bonchev–Trinajstić information content (AvgIpc) is 2.41. The van der Waals surface area contributed by atoms with Crippen LogP contribution in [0.15, 0.2) is 24.3 Å². The van der Waals surface area contributed by atoms with Gasteiger partial charge in [-0.15, -0.1) is 0 Å². The van der Waals surface area contributed by atoms with Crippen LogP contribution in [-0.4, -0.2) is 24.9 Å². The number of benzene rings is 1. The molecule has 0 radical (unpaired) electrons. The van der Waals surface area contributed by atoms with E-state index in [0.717, 1.165) is 38.2 Å². The van der Waals surface area contributed by atoms with Gasteiger partial charge in [0, 0.05) is 12.6 Å². The van der Waals surface area contributed by atoms with E-state index in [4.69, 9.17) is 9.84 Å². The van der Waals surface area contributed by atoms with E-state index in [0.29, 0.717) is 6.04 Å². The first-order chi connectivity index (χ1) is 8.77. The third-order valence-electron chi connectivity index (χ3n) is 2.89. The molecule has 0 bridgehead atoms. The van der Waals surface area contributed by atoms with Crippen LogP contribution in [0.3, 0.4) is 0 Å². The summed E-state index contributed by atoms with van der Waals surface area (Å²) in [6, 6.07) is 8.60. The van der Waals surface area contributed by atoms with Crippen molar-refractivity contribution in [2.75, 3.05) is 19.8 Å². The van der Waals surface area contributed by atoms with E-state index in [1.165, 1.54) is 5.56 Å². The van der Waals surface area contributed by atoms with Crippen LogP contribution in [0.2, 0.25) is 0 Å². The number of unbranched alkanes of at least 4 members (excludes halogenated alkanes) is 1. The molecule has 1 aromatic rings. The maximum Gasteiger partial charge on any atom is 0.119 e. The number of hydrogen-bond donors (Lipinski definition) is 2. The Balaban J connectivity index is 2.36. The van der Waals surface area contributed by atoms with E-state index in [1.807, 2.05) is 12.1 Å². The summed E-state index contributed by atoms with van der Waals surface area (Å²) in [5, 5.41) is 12.2. The van der Waals surface area contributed by atoms with E-state index < -0.39 is 0 Å². The van der Waals surface area contributed by atoms with E-state index in [1.54, 1.807) is 0 Å². The van der Waals surface area contributed by atoms with Gasteiger partial charge in [0.25, 0.3) is 0 Å². The minimum absolute atomic E-state index is 0.277.